The van der Waals surface area contributed by atoms with E-state index in [2.05, 4.69) is 20.3 Å². The van der Waals surface area contributed by atoms with Crippen LogP contribution in [0.5, 0.6) is 0 Å². The van der Waals surface area contributed by atoms with Gasteiger partial charge in [0.1, 0.15) is 18.2 Å². The van der Waals surface area contributed by atoms with Gasteiger partial charge in [-0.2, -0.15) is 9.61 Å². The molecule has 1 N–H and O–H groups in total. The van der Waals surface area contributed by atoms with Crippen LogP contribution in [0.2, 0.25) is 0 Å². The number of hydrogen-bond acceptors (Lipinski definition) is 6. The predicted octanol–water partition coefficient (Wildman–Crippen LogP) is 2.82. The average molecular weight is 444 g/mol. The molecule has 2 aromatic carbocycles. The summed E-state index contributed by atoms with van der Waals surface area (Å²) >= 11 is 0. The van der Waals surface area contributed by atoms with Crippen LogP contribution in [-0.2, 0) is 11.2 Å². The summed E-state index contributed by atoms with van der Waals surface area (Å²) in [7, 11) is 0. The summed E-state index contributed by atoms with van der Waals surface area (Å²) in [5.41, 5.74) is 2.48. The van der Waals surface area contributed by atoms with E-state index in [0.29, 0.717) is 22.5 Å². The molecule has 5 aromatic rings. The lowest BCUT2D eigenvalue weighted by atomic mass is 10.1. The average Bonchev–Trinajstić information content (AvgIpc) is 3.15. The number of hydrogen-bond donors (Lipinski definition) is 1. The minimum atomic E-state index is -1.16. The Bertz CT molecular complexity index is 1560. The fraction of sp³-hybridized carbons (Fsp3) is 0.130. The molecule has 3 aromatic heterocycles. The van der Waals surface area contributed by atoms with Crippen LogP contribution in [0.3, 0.4) is 0 Å². The fourth-order valence-corrected chi connectivity index (χ4v) is 3.86. The van der Waals surface area contributed by atoms with Gasteiger partial charge < -0.3 is 5.11 Å². The van der Waals surface area contributed by atoms with Crippen LogP contribution in [0, 0.1) is 12.7 Å². The molecule has 0 spiro atoms. The molecule has 0 aliphatic rings. The number of rotatable bonds is 5. The van der Waals surface area contributed by atoms with Gasteiger partial charge in [0.05, 0.1) is 11.3 Å². The maximum Gasteiger partial charge on any atom is 0.327 e. The molecule has 164 valence electrons. The lowest BCUT2D eigenvalue weighted by Crippen LogP contribution is -2.32. The van der Waals surface area contributed by atoms with Gasteiger partial charge in [0, 0.05) is 6.42 Å². The van der Waals surface area contributed by atoms with Crippen molar-refractivity contribution in [3.63, 3.8) is 0 Å². The number of aliphatic carboxylic acids is 1. The van der Waals surface area contributed by atoms with Crippen LogP contribution < -0.4 is 5.56 Å². The number of nitrogens with zero attached hydrogens (tertiary/aromatic N) is 6. The molecule has 0 bridgehead atoms. The lowest BCUT2D eigenvalue weighted by molar-refractivity contribution is -0.141. The van der Waals surface area contributed by atoms with E-state index in [1.54, 1.807) is 43.3 Å². The van der Waals surface area contributed by atoms with Crippen molar-refractivity contribution >= 4 is 22.8 Å². The molecule has 5 rings (SSSR count). The normalized spacial score (nSPS) is 12.3. The second kappa shape index (κ2) is 7.90. The highest BCUT2D eigenvalue weighted by Crippen LogP contribution is 2.28. The van der Waals surface area contributed by atoms with Crippen LogP contribution in [0.15, 0.2) is 65.7 Å². The second-order valence-electron chi connectivity index (χ2n) is 7.58. The van der Waals surface area contributed by atoms with Crippen molar-refractivity contribution in [1.82, 2.24) is 29.4 Å². The SMILES string of the molecule is Cc1nn2c(nnc3c(=O)n(C(Cc4ccccc4)C(=O)O)cnc32)c1-c1ccc(F)cc1. The first-order valence-electron chi connectivity index (χ1n) is 10.1. The molecule has 1 unspecified atom stereocenters. The standard InChI is InChI=1S/C23H17FN6O3/c1-13-18(15-7-9-16(24)10-8-15)20-27-26-19-21(30(20)28-13)25-12-29(22(19)31)17(23(32)33)11-14-5-3-2-4-6-14/h2-10,12,17H,11H2,1H3,(H,32,33). The quantitative estimate of drug-likeness (QED) is 0.443. The smallest absolute Gasteiger partial charge is 0.327 e. The summed E-state index contributed by atoms with van der Waals surface area (Å²) in [6.07, 6.45) is 1.30. The van der Waals surface area contributed by atoms with Gasteiger partial charge in [-0.1, -0.05) is 42.5 Å². The van der Waals surface area contributed by atoms with Crippen LogP contribution in [0.4, 0.5) is 4.39 Å². The Hall–Kier alpha value is -4.47. The Morgan fingerprint density at radius 3 is 2.48 bits per heavy atom. The zero-order valence-electron chi connectivity index (χ0n) is 17.4. The van der Waals surface area contributed by atoms with Crippen molar-refractivity contribution in [2.45, 2.75) is 19.4 Å². The molecular formula is C23H17FN6O3. The third-order valence-corrected chi connectivity index (χ3v) is 5.46. The van der Waals surface area contributed by atoms with E-state index in [9.17, 15) is 19.1 Å². The minimum Gasteiger partial charge on any atom is -0.480 e. The van der Waals surface area contributed by atoms with E-state index in [-0.39, 0.29) is 23.4 Å². The van der Waals surface area contributed by atoms with E-state index in [4.69, 9.17) is 0 Å². The molecular weight excluding hydrogens is 427 g/mol. The molecule has 0 aliphatic heterocycles. The maximum atomic E-state index is 13.4. The zero-order chi connectivity index (χ0) is 23.1. The number of aromatic nitrogens is 6. The van der Waals surface area contributed by atoms with Crippen LogP contribution in [0.1, 0.15) is 17.3 Å². The van der Waals surface area contributed by atoms with Crippen molar-refractivity contribution < 1.29 is 14.3 Å². The maximum absolute atomic E-state index is 13.4. The van der Waals surface area contributed by atoms with Crippen molar-refractivity contribution in [2.24, 2.45) is 0 Å². The van der Waals surface area contributed by atoms with Gasteiger partial charge in [0.25, 0.3) is 5.56 Å². The Morgan fingerprint density at radius 1 is 1.06 bits per heavy atom. The monoisotopic (exact) mass is 444 g/mol. The van der Waals surface area contributed by atoms with Gasteiger partial charge in [-0.25, -0.2) is 14.2 Å². The molecule has 1 atom stereocenters. The van der Waals surface area contributed by atoms with E-state index < -0.39 is 17.6 Å². The molecule has 33 heavy (non-hydrogen) atoms. The number of carbonyl (C=O) groups is 1. The summed E-state index contributed by atoms with van der Waals surface area (Å²) in [4.78, 5) is 29.5. The van der Waals surface area contributed by atoms with Crippen molar-refractivity contribution in [3.05, 3.63) is 88.4 Å². The van der Waals surface area contributed by atoms with Crippen molar-refractivity contribution in [3.8, 4) is 11.1 Å². The number of carboxylic acids is 1. The topological polar surface area (TPSA) is 115 Å². The van der Waals surface area contributed by atoms with Crippen molar-refractivity contribution in [2.75, 3.05) is 0 Å². The zero-order valence-corrected chi connectivity index (χ0v) is 17.4. The molecule has 0 aliphatic carbocycles. The highest BCUT2D eigenvalue weighted by atomic mass is 19.1. The molecule has 9 nitrogen and oxygen atoms in total. The number of benzene rings is 2. The highest BCUT2D eigenvalue weighted by Gasteiger charge is 2.24. The van der Waals surface area contributed by atoms with Crippen LogP contribution in [-0.4, -0.2) is 40.4 Å². The lowest BCUT2D eigenvalue weighted by Gasteiger charge is -2.15. The highest BCUT2D eigenvalue weighted by molar-refractivity contribution is 5.83. The van der Waals surface area contributed by atoms with Crippen molar-refractivity contribution in [1.29, 1.82) is 0 Å². The van der Waals surface area contributed by atoms with Gasteiger partial charge in [-0.05, 0) is 30.2 Å². The van der Waals surface area contributed by atoms with Gasteiger partial charge in [0.15, 0.2) is 16.8 Å². The Kier molecular flexibility index (Phi) is 4.89. The first-order chi connectivity index (χ1) is 15.9. The first kappa shape index (κ1) is 20.4. The predicted molar refractivity (Wildman–Crippen MR) is 117 cm³/mol. The summed E-state index contributed by atoms with van der Waals surface area (Å²) in [5, 5.41) is 22.5. The minimum absolute atomic E-state index is 0.0996. The van der Waals surface area contributed by atoms with E-state index in [1.165, 1.54) is 23.0 Å². The van der Waals surface area contributed by atoms with Gasteiger partial charge >= 0.3 is 5.97 Å². The Balaban J connectivity index is 1.65. The fourth-order valence-electron chi connectivity index (χ4n) is 3.86. The van der Waals surface area contributed by atoms with Crippen LogP contribution in [0.25, 0.3) is 27.9 Å². The third-order valence-electron chi connectivity index (χ3n) is 5.46. The molecule has 0 amide bonds. The third kappa shape index (κ3) is 3.51. The van der Waals surface area contributed by atoms with E-state index >= 15 is 0 Å². The molecule has 10 heteroatoms. The second-order valence-corrected chi connectivity index (χ2v) is 7.58. The molecule has 0 saturated heterocycles. The van der Waals surface area contributed by atoms with Gasteiger partial charge in [0.2, 0.25) is 0 Å². The van der Waals surface area contributed by atoms with Gasteiger partial charge in [-0.15, -0.1) is 10.2 Å². The summed E-state index contributed by atoms with van der Waals surface area (Å²) in [6, 6.07) is 13.7. The van der Waals surface area contributed by atoms with E-state index in [0.717, 1.165) is 10.1 Å². The Labute approximate surface area is 185 Å². The summed E-state index contributed by atoms with van der Waals surface area (Å²) in [5.74, 6) is -1.53. The first-order valence-corrected chi connectivity index (χ1v) is 10.1. The molecule has 3 heterocycles. The largest absolute Gasteiger partial charge is 0.480 e. The van der Waals surface area contributed by atoms with Gasteiger partial charge in [-0.3, -0.25) is 9.36 Å². The van der Waals surface area contributed by atoms with Crippen LogP contribution >= 0.6 is 0 Å². The number of fused-ring (bicyclic) bond motifs is 3. The van der Waals surface area contributed by atoms with E-state index in [1.807, 2.05) is 6.07 Å². The summed E-state index contributed by atoms with van der Waals surface area (Å²) in [6.45, 7) is 1.76. The molecule has 0 radical (unpaired) electrons. The summed E-state index contributed by atoms with van der Waals surface area (Å²) < 4.78 is 15.8. The number of aryl methyl sites for hydroxylation is 1. The number of carboxylic acid groups (broad SMARTS) is 1. The molecule has 0 fully saturated rings. The number of halogens is 1. The molecule has 0 saturated carbocycles. The Morgan fingerprint density at radius 2 is 1.79 bits per heavy atom.